The number of aromatic nitrogens is 2. The van der Waals surface area contributed by atoms with Gasteiger partial charge in [-0.1, -0.05) is 6.07 Å². The van der Waals surface area contributed by atoms with Crippen LogP contribution in [0.15, 0.2) is 77.9 Å². The molecule has 7 nitrogen and oxygen atoms in total. The number of anilines is 2. The van der Waals surface area contributed by atoms with Gasteiger partial charge in [0.15, 0.2) is 0 Å². The first-order chi connectivity index (χ1) is 16.4. The van der Waals surface area contributed by atoms with Gasteiger partial charge in [0.25, 0.3) is 11.5 Å². The van der Waals surface area contributed by atoms with Crippen LogP contribution in [0.5, 0.6) is 5.75 Å². The van der Waals surface area contributed by atoms with E-state index < -0.39 is 17.3 Å². The third-order valence-electron chi connectivity index (χ3n) is 5.27. The van der Waals surface area contributed by atoms with Gasteiger partial charge in [-0.05, 0) is 85.1 Å². The second-order valence-corrected chi connectivity index (χ2v) is 7.59. The zero-order chi connectivity index (χ0) is 24.2. The summed E-state index contributed by atoms with van der Waals surface area (Å²) in [5, 5.41) is 2.80. The number of halogens is 1. The van der Waals surface area contributed by atoms with Crippen molar-refractivity contribution in [2.45, 2.75) is 13.8 Å². The van der Waals surface area contributed by atoms with Gasteiger partial charge in [-0.2, -0.15) is 0 Å². The average Bonchev–Trinajstić information content (AvgIpc) is 2.81. The Morgan fingerprint density at radius 3 is 2.59 bits per heavy atom. The summed E-state index contributed by atoms with van der Waals surface area (Å²) in [4.78, 5) is 30.5. The molecule has 3 N–H and O–H groups in total. The Morgan fingerprint density at radius 1 is 1.12 bits per heavy atom. The number of rotatable bonds is 6. The molecule has 0 aliphatic heterocycles. The van der Waals surface area contributed by atoms with E-state index in [1.165, 1.54) is 35.0 Å². The molecule has 0 saturated heterocycles. The fourth-order valence-corrected chi connectivity index (χ4v) is 3.63. The number of hydrogen-bond donors (Lipinski definition) is 2. The van der Waals surface area contributed by atoms with E-state index in [9.17, 15) is 14.0 Å². The number of carbonyl (C=O) groups is 1. The maximum atomic E-state index is 13.3. The highest BCUT2D eigenvalue weighted by atomic mass is 19.1. The molecule has 0 bridgehead atoms. The van der Waals surface area contributed by atoms with Gasteiger partial charge >= 0.3 is 0 Å². The maximum absolute atomic E-state index is 13.3. The molecule has 0 aliphatic carbocycles. The van der Waals surface area contributed by atoms with Crippen LogP contribution >= 0.6 is 0 Å². The lowest BCUT2D eigenvalue weighted by Gasteiger charge is -2.14. The summed E-state index contributed by atoms with van der Waals surface area (Å²) in [6, 6.07) is 16.0. The van der Waals surface area contributed by atoms with Crippen LogP contribution in [0.1, 0.15) is 22.8 Å². The van der Waals surface area contributed by atoms with Crippen molar-refractivity contribution in [3.63, 3.8) is 0 Å². The van der Waals surface area contributed by atoms with Crippen molar-refractivity contribution >= 4 is 17.4 Å². The van der Waals surface area contributed by atoms with E-state index >= 15 is 0 Å². The molecule has 0 unspecified atom stereocenters. The summed E-state index contributed by atoms with van der Waals surface area (Å²) in [6.07, 6.45) is 3.11. The van der Waals surface area contributed by atoms with Crippen molar-refractivity contribution in [2.75, 3.05) is 17.7 Å². The average molecular weight is 458 g/mol. The first-order valence-corrected chi connectivity index (χ1v) is 10.7. The molecule has 0 atom stereocenters. The molecule has 0 radical (unpaired) electrons. The van der Waals surface area contributed by atoms with Crippen molar-refractivity contribution < 1.29 is 13.9 Å². The first-order valence-electron chi connectivity index (χ1n) is 10.7. The van der Waals surface area contributed by atoms with Crippen molar-refractivity contribution in [3.8, 4) is 22.6 Å². The van der Waals surface area contributed by atoms with Gasteiger partial charge in [-0.25, -0.2) is 9.37 Å². The monoisotopic (exact) mass is 458 g/mol. The van der Waals surface area contributed by atoms with Crippen LogP contribution in [0.2, 0.25) is 0 Å². The number of hydrogen-bond acceptors (Lipinski definition) is 5. The standard InChI is InChI=1S/C26H23FN4O3/c1-3-34-22-11-13-31(20-8-5-18(27)6-9-20)26(33)24(22)25(32)30-19-7-4-16(2)21(15-19)17-10-12-29-23(28)14-17/h4-15H,3H2,1-2H3,(H2,28,29)(H,30,32). The Hall–Kier alpha value is -4.46. The highest BCUT2D eigenvalue weighted by Gasteiger charge is 2.20. The van der Waals surface area contributed by atoms with Crippen molar-refractivity contribution in [3.05, 3.63) is 100 Å². The lowest BCUT2D eigenvalue weighted by Crippen LogP contribution is -2.29. The Balaban J connectivity index is 1.73. The lowest BCUT2D eigenvalue weighted by molar-refractivity contribution is 0.102. The fourth-order valence-electron chi connectivity index (χ4n) is 3.63. The summed E-state index contributed by atoms with van der Waals surface area (Å²) >= 11 is 0. The third kappa shape index (κ3) is 4.66. The molecular formula is C26H23FN4O3. The SMILES string of the molecule is CCOc1ccn(-c2ccc(F)cc2)c(=O)c1C(=O)Nc1ccc(C)c(-c2ccnc(N)c2)c1. The van der Waals surface area contributed by atoms with E-state index in [0.717, 1.165) is 16.7 Å². The van der Waals surface area contributed by atoms with E-state index in [0.29, 0.717) is 17.2 Å². The summed E-state index contributed by atoms with van der Waals surface area (Å²) < 4.78 is 20.2. The Kier molecular flexibility index (Phi) is 6.40. The van der Waals surface area contributed by atoms with Crippen molar-refractivity contribution in [1.29, 1.82) is 0 Å². The van der Waals surface area contributed by atoms with Gasteiger partial charge in [-0.3, -0.25) is 14.2 Å². The second kappa shape index (κ2) is 9.58. The van der Waals surface area contributed by atoms with Crippen LogP contribution < -0.4 is 21.3 Å². The second-order valence-electron chi connectivity index (χ2n) is 7.59. The fraction of sp³-hybridized carbons (Fsp3) is 0.115. The minimum absolute atomic E-state index is 0.149. The molecule has 8 heteroatoms. The zero-order valence-electron chi connectivity index (χ0n) is 18.7. The minimum Gasteiger partial charge on any atom is -0.493 e. The summed E-state index contributed by atoms with van der Waals surface area (Å²) in [5.41, 5.74) is 8.73. The summed E-state index contributed by atoms with van der Waals surface area (Å²) in [5.74, 6) is -0.489. The molecule has 2 aromatic heterocycles. The number of nitrogens with zero attached hydrogens (tertiary/aromatic N) is 2. The summed E-state index contributed by atoms with van der Waals surface area (Å²) in [7, 11) is 0. The van der Waals surface area contributed by atoms with E-state index in [1.54, 1.807) is 31.3 Å². The molecule has 0 spiro atoms. The Labute approximate surface area is 195 Å². The van der Waals surface area contributed by atoms with Gasteiger partial charge in [0.05, 0.1) is 6.61 Å². The maximum Gasteiger partial charge on any atom is 0.271 e. The predicted molar refractivity (Wildman–Crippen MR) is 130 cm³/mol. The van der Waals surface area contributed by atoms with Crippen LogP contribution in [0.4, 0.5) is 15.9 Å². The van der Waals surface area contributed by atoms with Crippen molar-refractivity contribution in [2.24, 2.45) is 0 Å². The molecule has 1 amide bonds. The molecule has 4 rings (SSSR count). The molecule has 172 valence electrons. The highest BCUT2D eigenvalue weighted by molar-refractivity contribution is 6.06. The van der Waals surface area contributed by atoms with E-state index in [4.69, 9.17) is 10.5 Å². The van der Waals surface area contributed by atoms with Crippen LogP contribution in [-0.4, -0.2) is 22.1 Å². The molecule has 4 aromatic rings. The number of aryl methyl sites for hydroxylation is 1. The Bertz CT molecular complexity index is 1410. The van der Waals surface area contributed by atoms with Gasteiger partial charge in [0, 0.05) is 23.8 Å². The number of nitrogens with two attached hydrogens (primary N) is 1. The van der Waals surface area contributed by atoms with E-state index in [1.807, 2.05) is 25.1 Å². The number of carbonyl (C=O) groups excluding carboxylic acids is 1. The van der Waals surface area contributed by atoms with Gasteiger partial charge in [-0.15, -0.1) is 0 Å². The largest absolute Gasteiger partial charge is 0.493 e. The van der Waals surface area contributed by atoms with E-state index in [-0.39, 0.29) is 17.9 Å². The first kappa shape index (κ1) is 22.7. The van der Waals surface area contributed by atoms with Crippen LogP contribution in [0.3, 0.4) is 0 Å². The number of ether oxygens (including phenoxy) is 1. The van der Waals surface area contributed by atoms with Gasteiger partial charge < -0.3 is 15.8 Å². The molecule has 2 heterocycles. The highest BCUT2D eigenvalue weighted by Crippen LogP contribution is 2.28. The van der Waals surface area contributed by atoms with Crippen LogP contribution in [0.25, 0.3) is 16.8 Å². The number of benzene rings is 2. The van der Waals surface area contributed by atoms with Crippen molar-refractivity contribution in [1.82, 2.24) is 9.55 Å². The third-order valence-corrected chi connectivity index (χ3v) is 5.27. The minimum atomic E-state index is -0.617. The van der Waals surface area contributed by atoms with Gasteiger partial charge in [0.1, 0.15) is 22.9 Å². The molecule has 34 heavy (non-hydrogen) atoms. The number of nitrogen functional groups attached to an aromatic ring is 1. The van der Waals surface area contributed by atoms with Crippen LogP contribution in [0, 0.1) is 12.7 Å². The number of nitrogens with one attached hydrogen (secondary N) is 1. The predicted octanol–water partition coefficient (Wildman–Crippen LogP) is 4.58. The molecule has 0 fully saturated rings. The zero-order valence-corrected chi connectivity index (χ0v) is 18.7. The molecule has 0 saturated carbocycles. The van der Waals surface area contributed by atoms with Crippen LogP contribution in [-0.2, 0) is 0 Å². The Morgan fingerprint density at radius 2 is 1.88 bits per heavy atom. The smallest absolute Gasteiger partial charge is 0.271 e. The number of amides is 1. The summed E-state index contributed by atoms with van der Waals surface area (Å²) in [6.45, 7) is 3.99. The topological polar surface area (TPSA) is 99.2 Å². The molecule has 2 aromatic carbocycles. The molecular weight excluding hydrogens is 435 g/mol. The molecule has 0 aliphatic rings. The van der Waals surface area contributed by atoms with Gasteiger partial charge in [0.2, 0.25) is 0 Å². The number of pyridine rings is 2. The normalized spacial score (nSPS) is 10.7. The van der Waals surface area contributed by atoms with E-state index in [2.05, 4.69) is 10.3 Å². The lowest BCUT2D eigenvalue weighted by atomic mass is 10.0. The quantitative estimate of drug-likeness (QED) is 0.441.